The average molecular weight is 367 g/mol. The molecule has 0 heterocycles. The van der Waals surface area contributed by atoms with Gasteiger partial charge in [-0.15, -0.1) is 0 Å². The second-order valence-electron chi connectivity index (χ2n) is 5.05. The number of halogens is 2. The zero-order valence-electron chi connectivity index (χ0n) is 12.7. The zero-order valence-corrected chi connectivity index (χ0v) is 14.2. The Kier molecular flexibility index (Phi) is 6.46. The van der Waals surface area contributed by atoms with Crippen molar-refractivity contribution in [1.29, 1.82) is 0 Å². The third-order valence-electron chi connectivity index (χ3n) is 3.23. The van der Waals surface area contributed by atoms with E-state index in [1.165, 1.54) is 12.1 Å². The van der Waals surface area contributed by atoms with Gasteiger partial charge in [0.05, 0.1) is 22.0 Å². The fourth-order valence-electron chi connectivity index (χ4n) is 2.04. The van der Waals surface area contributed by atoms with Crippen molar-refractivity contribution in [3.05, 3.63) is 63.6 Å². The van der Waals surface area contributed by atoms with Gasteiger partial charge in [-0.3, -0.25) is 9.59 Å². The number of benzene rings is 2. The van der Waals surface area contributed by atoms with Gasteiger partial charge in [0.2, 0.25) is 5.91 Å². The Bertz CT molecular complexity index is 750. The van der Waals surface area contributed by atoms with Gasteiger partial charge >= 0.3 is 0 Å². The number of phenols is 1. The van der Waals surface area contributed by atoms with Crippen LogP contribution in [-0.2, 0) is 11.2 Å². The SMILES string of the molecule is O=C(Cc1ccc(Cl)c(Cl)c1)NCCNC(=O)c1ccccc1O. The van der Waals surface area contributed by atoms with Gasteiger partial charge in [-0.1, -0.05) is 41.4 Å². The fraction of sp³-hybridized carbons (Fsp3) is 0.176. The van der Waals surface area contributed by atoms with Crippen LogP contribution in [0.4, 0.5) is 0 Å². The van der Waals surface area contributed by atoms with Crippen LogP contribution < -0.4 is 10.6 Å². The van der Waals surface area contributed by atoms with Gasteiger partial charge in [-0.05, 0) is 29.8 Å². The van der Waals surface area contributed by atoms with Gasteiger partial charge in [-0.2, -0.15) is 0 Å². The smallest absolute Gasteiger partial charge is 0.255 e. The van der Waals surface area contributed by atoms with Crippen LogP contribution in [0.1, 0.15) is 15.9 Å². The highest BCUT2D eigenvalue weighted by Crippen LogP contribution is 2.22. The molecule has 24 heavy (non-hydrogen) atoms. The second kappa shape index (κ2) is 8.57. The molecule has 0 bridgehead atoms. The first-order valence-corrected chi connectivity index (χ1v) is 8.00. The molecule has 2 amide bonds. The molecule has 0 atom stereocenters. The van der Waals surface area contributed by atoms with Crippen molar-refractivity contribution >= 4 is 35.0 Å². The van der Waals surface area contributed by atoms with E-state index in [4.69, 9.17) is 23.2 Å². The van der Waals surface area contributed by atoms with Crippen LogP contribution in [0.15, 0.2) is 42.5 Å². The lowest BCUT2D eigenvalue weighted by atomic mass is 10.1. The molecule has 0 saturated heterocycles. The number of para-hydroxylation sites is 1. The van der Waals surface area contributed by atoms with Crippen LogP contribution in [0.5, 0.6) is 5.75 Å². The lowest BCUT2D eigenvalue weighted by Gasteiger charge is -2.08. The van der Waals surface area contributed by atoms with Crippen LogP contribution in [0, 0.1) is 0 Å². The highest BCUT2D eigenvalue weighted by Gasteiger charge is 2.09. The summed E-state index contributed by atoms with van der Waals surface area (Å²) in [5.74, 6) is -0.671. The van der Waals surface area contributed by atoms with E-state index in [9.17, 15) is 14.7 Å². The van der Waals surface area contributed by atoms with Gasteiger partial charge < -0.3 is 15.7 Å². The zero-order chi connectivity index (χ0) is 17.5. The van der Waals surface area contributed by atoms with Crippen LogP contribution in [0.2, 0.25) is 10.0 Å². The molecule has 7 heteroatoms. The maximum atomic E-state index is 11.9. The third kappa shape index (κ3) is 5.15. The summed E-state index contributed by atoms with van der Waals surface area (Å²) >= 11 is 11.7. The van der Waals surface area contributed by atoms with E-state index >= 15 is 0 Å². The summed E-state index contributed by atoms with van der Waals surface area (Å²) in [6.07, 6.45) is 0.171. The summed E-state index contributed by atoms with van der Waals surface area (Å²) in [7, 11) is 0. The van der Waals surface area contributed by atoms with Gasteiger partial charge in [0.25, 0.3) is 5.91 Å². The first-order chi connectivity index (χ1) is 11.5. The molecule has 5 nitrogen and oxygen atoms in total. The van der Waals surface area contributed by atoms with E-state index in [2.05, 4.69) is 10.6 Å². The molecule has 0 aliphatic rings. The summed E-state index contributed by atoms with van der Waals surface area (Å²) in [6, 6.07) is 11.3. The first kappa shape index (κ1) is 18.1. The topological polar surface area (TPSA) is 78.4 Å². The summed E-state index contributed by atoms with van der Waals surface area (Å²) in [4.78, 5) is 23.7. The summed E-state index contributed by atoms with van der Waals surface area (Å²) in [5, 5.41) is 15.7. The third-order valence-corrected chi connectivity index (χ3v) is 3.97. The van der Waals surface area contributed by atoms with E-state index < -0.39 is 5.91 Å². The summed E-state index contributed by atoms with van der Waals surface area (Å²) < 4.78 is 0. The predicted octanol–water partition coefficient (Wildman–Crippen LogP) is 2.79. The Balaban J connectivity index is 1.74. The molecule has 126 valence electrons. The van der Waals surface area contributed by atoms with Crippen molar-refractivity contribution in [3.63, 3.8) is 0 Å². The molecule has 0 unspecified atom stereocenters. The number of carbonyl (C=O) groups excluding carboxylic acids is 2. The molecule has 0 spiro atoms. The van der Waals surface area contributed by atoms with Gasteiger partial charge in [0.1, 0.15) is 5.75 Å². The molecule has 2 aromatic carbocycles. The number of hydrogen-bond donors (Lipinski definition) is 3. The quantitative estimate of drug-likeness (QED) is 0.687. The Labute approximate surface area is 149 Å². The molecule has 2 aromatic rings. The maximum absolute atomic E-state index is 11.9. The standard InChI is InChI=1S/C17H16Cl2N2O3/c18-13-6-5-11(9-14(13)19)10-16(23)20-7-8-21-17(24)12-3-1-2-4-15(12)22/h1-6,9,22H,7-8,10H2,(H,20,23)(H,21,24). The number of carbonyl (C=O) groups is 2. The molecule has 0 aliphatic carbocycles. The van der Waals surface area contributed by atoms with Crippen LogP contribution >= 0.6 is 23.2 Å². The van der Waals surface area contributed by atoms with E-state index in [0.717, 1.165) is 5.56 Å². The van der Waals surface area contributed by atoms with E-state index in [-0.39, 0.29) is 36.7 Å². The lowest BCUT2D eigenvalue weighted by Crippen LogP contribution is -2.35. The number of aromatic hydroxyl groups is 1. The number of nitrogens with one attached hydrogen (secondary N) is 2. The Morgan fingerprint density at radius 3 is 2.38 bits per heavy atom. The first-order valence-electron chi connectivity index (χ1n) is 7.24. The van der Waals surface area contributed by atoms with Crippen molar-refractivity contribution in [1.82, 2.24) is 10.6 Å². The van der Waals surface area contributed by atoms with E-state index in [1.54, 1.807) is 30.3 Å². The summed E-state index contributed by atoms with van der Waals surface area (Å²) in [6.45, 7) is 0.528. The number of amides is 2. The fourth-order valence-corrected chi connectivity index (χ4v) is 2.36. The largest absolute Gasteiger partial charge is 0.507 e. The number of hydrogen-bond acceptors (Lipinski definition) is 3. The minimum Gasteiger partial charge on any atom is -0.507 e. The monoisotopic (exact) mass is 366 g/mol. The van der Waals surface area contributed by atoms with Crippen LogP contribution in [0.3, 0.4) is 0 Å². The number of phenolic OH excluding ortho intramolecular Hbond substituents is 1. The van der Waals surface area contributed by atoms with Gasteiger partial charge in [0.15, 0.2) is 0 Å². The molecule has 0 radical (unpaired) electrons. The lowest BCUT2D eigenvalue weighted by molar-refractivity contribution is -0.120. The number of rotatable bonds is 6. The Morgan fingerprint density at radius 2 is 1.67 bits per heavy atom. The van der Waals surface area contributed by atoms with Gasteiger partial charge in [0, 0.05) is 13.1 Å². The molecule has 0 saturated carbocycles. The molecule has 3 N–H and O–H groups in total. The van der Waals surface area contributed by atoms with E-state index in [1.807, 2.05) is 0 Å². The van der Waals surface area contributed by atoms with E-state index in [0.29, 0.717) is 10.0 Å². The van der Waals surface area contributed by atoms with Crippen molar-refractivity contribution in [3.8, 4) is 5.75 Å². The normalized spacial score (nSPS) is 10.2. The average Bonchev–Trinajstić information content (AvgIpc) is 2.55. The molecule has 0 aromatic heterocycles. The molecule has 2 rings (SSSR count). The van der Waals surface area contributed by atoms with Crippen molar-refractivity contribution in [2.45, 2.75) is 6.42 Å². The van der Waals surface area contributed by atoms with Crippen LogP contribution in [-0.4, -0.2) is 30.0 Å². The minimum atomic E-state index is -0.396. The molecular formula is C17H16Cl2N2O3. The van der Waals surface area contributed by atoms with Crippen molar-refractivity contribution in [2.24, 2.45) is 0 Å². The summed E-state index contributed by atoms with van der Waals surface area (Å²) in [5.41, 5.74) is 0.944. The van der Waals surface area contributed by atoms with Crippen molar-refractivity contribution in [2.75, 3.05) is 13.1 Å². The van der Waals surface area contributed by atoms with Crippen LogP contribution in [0.25, 0.3) is 0 Å². The van der Waals surface area contributed by atoms with Gasteiger partial charge in [-0.25, -0.2) is 0 Å². The molecule has 0 aliphatic heterocycles. The Hall–Kier alpha value is -2.24. The molecular weight excluding hydrogens is 351 g/mol. The highest BCUT2D eigenvalue weighted by molar-refractivity contribution is 6.42. The Morgan fingerprint density at radius 1 is 0.958 bits per heavy atom. The highest BCUT2D eigenvalue weighted by atomic mass is 35.5. The predicted molar refractivity (Wildman–Crippen MR) is 93.6 cm³/mol. The maximum Gasteiger partial charge on any atom is 0.255 e. The van der Waals surface area contributed by atoms with Crippen molar-refractivity contribution < 1.29 is 14.7 Å². The second-order valence-corrected chi connectivity index (χ2v) is 5.86. The minimum absolute atomic E-state index is 0.0846. The molecule has 0 fully saturated rings.